The van der Waals surface area contributed by atoms with E-state index in [0.717, 1.165) is 34.1 Å². The van der Waals surface area contributed by atoms with E-state index in [4.69, 9.17) is 5.73 Å². The van der Waals surface area contributed by atoms with Crippen LogP contribution in [0.25, 0.3) is 10.8 Å². The van der Waals surface area contributed by atoms with Crippen LogP contribution in [-0.4, -0.2) is 5.91 Å². The van der Waals surface area contributed by atoms with Crippen LogP contribution >= 0.6 is 0 Å². The second kappa shape index (κ2) is 4.35. The summed E-state index contributed by atoms with van der Waals surface area (Å²) in [4.78, 5) is 11.9. The molecule has 1 heterocycles. The lowest BCUT2D eigenvalue weighted by atomic mass is 9.96. The number of nitrogens with one attached hydrogen (secondary N) is 1. The van der Waals surface area contributed by atoms with Crippen molar-refractivity contribution in [1.82, 2.24) is 0 Å². The van der Waals surface area contributed by atoms with Gasteiger partial charge < -0.3 is 11.1 Å². The maximum absolute atomic E-state index is 11.9. The molecule has 3 aromatic carbocycles. The first kappa shape index (κ1) is 12.0. The molecule has 1 aliphatic rings. The number of hydrogen-bond acceptors (Lipinski definition) is 2. The summed E-state index contributed by atoms with van der Waals surface area (Å²) in [5, 5.41) is 5.09. The van der Waals surface area contributed by atoms with Crippen LogP contribution in [0.1, 0.15) is 21.5 Å². The SMILES string of the molecule is Nc1ccc(Cc2ccc3c4c(cccc24)C(=O)N3)cc1. The number of rotatable bonds is 2. The number of anilines is 2. The van der Waals surface area contributed by atoms with Gasteiger partial charge in [-0.15, -0.1) is 0 Å². The molecule has 0 saturated heterocycles. The average Bonchev–Trinajstić information content (AvgIpc) is 2.83. The molecule has 0 atom stereocenters. The minimum atomic E-state index is -0.0137. The number of benzene rings is 3. The van der Waals surface area contributed by atoms with Gasteiger partial charge in [0.1, 0.15) is 0 Å². The zero-order chi connectivity index (χ0) is 14.4. The Labute approximate surface area is 122 Å². The summed E-state index contributed by atoms with van der Waals surface area (Å²) in [5.41, 5.74) is 10.6. The zero-order valence-electron chi connectivity index (χ0n) is 11.4. The number of carbonyl (C=O) groups excluding carboxylic acids is 1. The lowest BCUT2D eigenvalue weighted by Gasteiger charge is -2.08. The summed E-state index contributed by atoms with van der Waals surface area (Å²) in [5.74, 6) is -0.0137. The highest BCUT2D eigenvalue weighted by Crippen LogP contribution is 2.35. The van der Waals surface area contributed by atoms with Crippen molar-refractivity contribution in [1.29, 1.82) is 0 Å². The first-order valence-corrected chi connectivity index (χ1v) is 6.93. The topological polar surface area (TPSA) is 55.1 Å². The Morgan fingerprint density at radius 1 is 0.952 bits per heavy atom. The summed E-state index contributed by atoms with van der Waals surface area (Å²) < 4.78 is 0. The number of amides is 1. The standard InChI is InChI=1S/C18H14N2O/c19-13-7-4-11(5-8-13)10-12-6-9-16-17-14(12)2-1-3-15(17)18(21)20-16/h1-9H,10,19H2,(H,20,21). The summed E-state index contributed by atoms with van der Waals surface area (Å²) in [7, 11) is 0. The molecule has 3 nitrogen and oxygen atoms in total. The molecule has 3 N–H and O–H groups in total. The van der Waals surface area contributed by atoms with Crippen molar-refractivity contribution in [3.05, 3.63) is 71.3 Å². The van der Waals surface area contributed by atoms with Crippen molar-refractivity contribution in [3.63, 3.8) is 0 Å². The van der Waals surface area contributed by atoms with Gasteiger partial charge in [-0.2, -0.15) is 0 Å². The highest BCUT2D eigenvalue weighted by atomic mass is 16.1. The van der Waals surface area contributed by atoms with Crippen LogP contribution in [0.4, 0.5) is 11.4 Å². The molecule has 0 aromatic heterocycles. The number of nitrogen functional groups attached to an aromatic ring is 1. The molecule has 1 aliphatic heterocycles. The number of hydrogen-bond donors (Lipinski definition) is 2. The van der Waals surface area contributed by atoms with E-state index in [1.165, 1.54) is 11.1 Å². The quantitative estimate of drug-likeness (QED) is 0.702. The maximum Gasteiger partial charge on any atom is 0.256 e. The molecular weight excluding hydrogens is 260 g/mol. The molecule has 0 fully saturated rings. The van der Waals surface area contributed by atoms with Crippen LogP contribution in [0.3, 0.4) is 0 Å². The van der Waals surface area contributed by atoms with E-state index in [1.54, 1.807) is 0 Å². The number of carbonyl (C=O) groups is 1. The predicted molar refractivity (Wildman–Crippen MR) is 85.6 cm³/mol. The van der Waals surface area contributed by atoms with Crippen molar-refractivity contribution in [2.75, 3.05) is 11.1 Å². The van der Waals surface area contributed by atoms with Gasteiger partial charge in [0, 0.05) is 22.3 Å². The van der Waals surface area contributed by atoms with Gasteiger partial charge in [0.2, 0.25) is 0 Å². The first-order chi connectivity index (χ1) is 10.2. The van der Waals surface area contributed by atoms with Gasteiger partial charge in [-0.1, -0.05) is 30.3 Å². The highest BCUT2D eigenvalue weighted by Gasteiger charge is 2.21. The Morgan fingerprint density at radius 3 is 2.57 bits per heavy atom. The second-order valence-corrected chi connectivity index (χ2v) is 5.37. The Balaban J connectivity index is 1.85. The maximum atomic E-state index is 11.9. The fraction of sp³-hybridized carbons (Fsp3) is 0.0556. The molecule has 4 rings (SSSR count). The fourth-order valence-electron chi connectivity index (χ4n) is 2.96. The van der Waals surface area contributed by atoms with Crippen molar-refractivity contribution in [3.8, 4) is 0 Å². The molecule has 3 aromatic rings. The molecule has 0 saturated carbocycles. The van der Waals surface area contributed by atoms with Crippen LogP contribution in [0.5, 0.6) is 0 Å². The van der Waals surface area contributed by atoms with Gasteiger partial charge in [0.25, 0.3) is 5.91 Å². The molecule has 0 aliphatic carbocycles. The van der Waals surface area contributed by atoms with E-state index >= 15 is 0 Å². The van der Waals surface area contributed by atoms with E-state index in [9.17, 15) is 4.79 Å². The molecule has 3 heteroatoms. The van der Waals surface area contributed by atoms with E-state index < -0.39 is 0 Å². The van der Waals surface area contributed by atoms with E-state index in [2.05, 4.69) is 17.4 Å². The Bertz CT molecular complexity index is 866. The van der Waals surface area contributed by atoms with Crippen LogP contribution < -0.4 is 11.1 Å². The highest BCUT2D eigenvalue weighted by molar-refractivity contribution is 6.24. The Morgan fingerprint density at radius 2 is 1.76 bits per heavy atom. The van der Waals surface area contributed by atoms with Crippen molar-refractivity contribution in [2.24, 2.45) is 0 Å². The van der Waals surface area contributed by atoms with Crippen molar-refractivity contribution in [2.45, 2.75) is 6.42 Å². The fourth-order valence-corrected chi connectivity index (χ4v) is 2.96. The Kier molecular flexibility index (Phi) is 2.48. The van der Waals surface area contributed by atoms with Gasteiger partial charge in [-0.3, -0.25) is 4.79 Å². The van der Waals surface area contributed by atoms with Gasteiger partial charge >= 0.3 is 0 Å². The summed E-state index contributed by atoms with van der Waals surface area (Å²) >= 11 is 0. The average molecular weight is 274 g/mol. The predicted octanol–water partition coefficient (Wildman–Crippen LogP) is 3.58. The molecule has 102 valence electrons. The molecule has 21 heavy (non-hydrogen) atoms. The van der Waals surface area contributed by atoms with Crippen molar-refractivity contribution >= 4 is 28.1 Å². The largest absolute Gasteiger partial charge is 0.399 e. The lowest BCUT2D eigenvalue weighted by Crippen LogP contribution is -2.03. The number of nitrogens with two attached hydrogens (primary N) is 1. The summed E-state index contributed by atoms with van der Waals surface area (Å²) in [6, 6.07) is 17.9. The van der Waals surface area contributed by atoms with Gasteiger partial charge in [-0.25, -0.2) is 0 Å². The first-order valence-electron chi connectivity index (χ1n) is 6.93. The van der Waals surface area contributed by atoms with Crippen molar-refractivity contribution < 1.29 is 4.79 Å². The van der Waals surface area contributed by atoms with Crippen LogP contribution in [0.2, 0.25) is 0 Å². The molecular formula is C18H14N2O. The summed E-state index contributed by atoms with van der Waals surface area (Å²) in [6.45, 7) is 0. The second-order valence-electron chi connectivity index (χ2n) is 5.37. The van der Waals surface area contributed by atoms with Gasteiger partial charge in [0.15, 0.2) is 0 Å². The van der Waals surface area contributed by atoms with Crippen LogP contribution in [0, 0.1) is 0 Å². The lowest BCUT2D eigenvalue weighted by molar-refractivity contribution is 0.103. The van der Waals surface area contributed by atoms with Gasteiger partial charge in [0.05, 0.1) is 0 Å². The molecule has 0 radical (unpaired) electrons. The van der Waals surface area contributed by atoms with E-state index in [0.29, 0.717) is 0 Å². The third-order valence-corrected chi connectivity index (χ3v) is 4.00. The molecule has 0 spiro atoms. The molecule has 1 amide bonds. The third-order valence-electron chi connectivity index (χ3n) is 4.00. The normalized spacial score (nSPS) is 12.7. The minimum Gasteiger partial charge on any atom is -0.399 e. The third kappa shape index (κ3) is 1.86. The summed E-state index contributed by atoms with van der Waals surface area (Å²) in [6.07, 6.45) is 0.828. The monoisotopic (exact) mass is 274 g/mol. The van der Waals surface area contributed by atoms with E-state index in [1.807, 2.05) is 42.5 Å². The van der Waals surface area contributed by atoms with Crippen LogP contribution in [-0.2, 0) is 6.42 Å². The molecule has 0 unspecified atom stereocenters. The minimum absolute atomic E-state index is 0.0137. The van der Waals surface area contributed by atoms with E-state index in [-0.39, 0.29) is 5.91 Å². The van der Waals surface area contributed by atoms with Crippen LogP contribution in [0.15, 0.2) is 54.6 Å². The molecule has 0 bridgehead atoms. The zero-order valence-corrected chi connectivity index (χ0v) is 11.4. The van der Waals surface area contributed by atoms with Gasteiger partial charge in [-0.05, 0) is 47.2 Å². The smallest absolute Gasteiger partial charge is 0.256 e. The Hall–Kier alpha value is -2.81.